The molecule has 1 aromatic rings. The Balaban J connectivity index is 3.55. The number of rotatable bonds is 2. The van der Waals surface area contributed by atoms with E-state index in [9.17, 15) is 31.5 Å². The highest BCUT2D eigenvalue weighted by molar-refractivity contribution is 6.40. The molecule has 0 radical (unpaired) electrons. The summed E-state index contributed by atoms with van der Waals surface area (Å²) in [5.41, 5.74) is -1.84. The summed E-state index contributed by atoms with van der Waals surface area (Å²) in [5.74, 6) is -15.5. The maximum atomic E-state index is 13.0. The van der Waals surface area contributed by atoms with Gasteiger partial charge >= 0.3 is 5.97 Å². The Morgan fingerprint density at radius 2 is 1.18 bits per heavy atom. The number of carbonyl (C=O) groups is 2. The van der Waals surface area contributed by atoms with Crippen molar-refractivity contribution < 1.29 is 36.3 Å². The third-order valence-corrected chi connectivity index (χ3v) is 1.81. The molecule has 3 nitrogen and oxygen atoms in total. The van der Waals surface area contributed by atoms with Crippen LogP contribution in [0.25, 0.3) is 0 Å². The minimum Gasteiger partial charge on any atom is -0.463 e. The molecule has 0 aliphatic carbocycles. The molecule has 0 heterocycles. The van der Waals surface area contributed by atoms with Gasteiger partial charge in [-0.3, -0.25) is 4.79 Å². The predicted octanol–water partition coefficient (Wildman–Crippen LogP) is 1.74. The van der Waals surface area contributed by atoms with Crippen molar-refractivity contribution in [3.05, 3.63) is 34.6 Å². The first kappa shape index (κ1) is 13.1. The summed E-state index contributed by atoms with van der Waals surface area (Å²) in [5, 5.41) is 0. The number of esters is 1. The molecule has 17 heavy (non-hydrogen) atoms. The van der Waals surface area contributed by atoms with E-state index in [1.54, 1.807) is 0 Å². The van der Waals surface area contributed by atoms with Gasteiger partial charge in [-0.1, -0.05) is 0 Å². The molecule has 0 saturated carbocycles. The molecule has 0 bridgehead atoms. The predicted molar refractivity (Wildman–Crippen MR) is 42.6 cm³/mol. The van der Waals surface area contributed by atoms with Crippen LogP contribution in [0, 0.1) is 29.1 Å². The Hall–Kier alpha value is -1.99. The minimum absolute atomic E-state index is 0.715. The van der Waals surface area contributed by atoms with Crippen molar-refractivity contribution in [2.75, 3.05) is 7.11 Å². The maximum Gasteiger partial charge on any atom is 0.379 e. The van der Waals surface area contributed by atoms with Gasteiger partial charge in [-0.2, -0.15) is 0 Å². The van der Waals surface area contributed by atoms with Crippen LogP contribution >= 0.6 is 0 Å². The van der Waals surface area contributed by atoms with Gasteiger partial charge in [0.1, 0.15) is 5.56 Å². The average Bonchev–Trinajstić information content (AvgIpc) is 2.32. The Bertz CT molecular complexity index is 483. The zero-order chi connectivity index (χ0) is 13.3. The van der Waals surface area contributed by atoms with Gasteiger partial charge in [0.05, 0.1) is 7.11 Å². The molecule has 0 N–H and O–H groups in total. The third kappa shape index (κ3) is 1.97. The van der Waals surface area contributed by atoms with E-state index in [1.807, 2.05) is 0 Å². The van der Waals surface area contributed by atoms with Gasteiger partial charge in [-0.25, -0.2) is 26.7 Å². The SMILES string of the molecule is COC(=O)C(=O)c1c(F)c(F)c(F)c(F)c1F. The Labute approximate surface area is 90.8 Å². The second-order valence-electron chi connectivity index (χ2n) is 2.77. The fourth-order valence-corrected chi connectivity index (χ4v) is 0.999. The van der Waals surface area contributed by atoms with Gasteiger partial charge < -0.3 is 4.74 Å². The van der Waals surface area contributed by atoms with Crippen LogP contribution < -0.4 is 0 Å². The van der Waals surface area contributed by atoms with Gasteiger partial charge in [0.15, 0.2) is 23.3 Å². The van der Waals surface area contributed by atoms with E-state index in [-0.39, 0.29) is 0 Å². The minimum atomic E-state index is -2.42. The number of halogens is 5. The molecule has 0 aliphatic heterocycles. The first-order valence-electron chi connectivity index (χ1n) is 3.97. The molecule has 0 fully saturated rings. The van der Waals surface area contributed by atoms with Crippen LogP contribution in [-0.2, 0) is 9.53 Å². The lowest BCUT2D eigenvalue weighted by molar-refractivity contribution is -0.135. The molecule has 0 amide bonds. The number of Topliss-reactive ketones (excluding diaryl/α,β-unsaturated/α-hetero) is 1. The summed E-state index contributed by atoms with van der Waals surface area (Å²) in [7, 11) is 0.715. The van der Waals surface area contributed by atoms with Crippen LogP contribution in [0.4, 0.5) is 22.0 Å². The molecule has 92 valence electrons. The van der Waals surface area contributed by atoms with Crippen LogP contribution in [0.3, 0.4) is 0 Å². The summed E-state index contributed by atoms with van der Waals surface area (Å²) < 4.78 is 67.7. The Morgan fingerprint density at radius 3 is 1.53 bits per heavy atom. The molecule has 0 atom stereocenters. The van der Waals surface area contributed by atoms with Gasteiger partial charge in [0.25, 0.3) is 5.78 Å². The van der Waals surface area contributed by atoms with E-state index in [2.05, 4.69) is 4.74 Å². The Morgan fingerprint density at radius 1 is 0.824 bits per heavy atom. The summed E-state index contributed by atoms with van der Waals surface area (Å²) in [6.07, 6.45) is 0. The normalized spacial score (nSPS) is 10.2. The highest BCUT2D eigenvalue weighted by Gasteiger charge is 2.33. The first-order chi connectivity index (χ1) is 7.82. The van der Waals surface area contributed by atoms with Crippen molar-refractivity contribution in [1.82, 2.24) is 0 Å². The van der Waals surface area contributed by atoms with E-state index in [0.29, 0.717) is 7.11 Å². The van der Waals surface area contributed by atoms with Crippen LogP contribution in [0.1, 0.15) is 10.4 Å². The number of carbonyl (C=O) groups excluding carboxylic acids is 2. The first-order valence-corrected chi connectivity index (χ1v) is 3.97. The number of ketones is 1. The number of hydrogen-bond donors (Lipinski definition) is 0. The molecule has 0 aliphatic rings. The zero-order valence-corrected chi connectivity index (χ0v) is 8.11. The number of benzene rings is 1. The van der Waals surface area contributed by atoms with E-state index >= 15 is 0 Å². The van der Waals surface area contributed by atoms with E-state index in [1.165, 1.54) is 0 Å². The van der Waals surface area contributed by atoms with Crippen LogP contribution in [-0.4, -0.2) is 18.9 Å². The molecule has 0 spiro atoms. The molecule has 0 saturated heterocycles. The summed E-state index contributed by atoms with van der Waals surface area (Å²) >= 11 is 0. The van der Waals surface area contributed by atoms with E-state index < -0.39 is 46.4 Å². The van der Waals surface area contributed by atoms with E-state index in [0.717, 1.165) is 0 Å². The second kappa shape index (κ2) is 4.48. The fourth-order valence-electron chi connectivity index (χ4n) is 0.999. The van der Waals surface area contributed by atoms with Gasteiger partial charge in [-0.15, -0.1) is 0 Å². The molecule has 8 heteroatoms. The summed E-state index contributed by atoms with van der Waals surface area (Å²) in [6, 6.07) is 0. The van der Waals surface area contributed by atoms with Crippen molar-refractivity contribution in [3.63, 3.8) is 0 Å². The smallest absolute Gasteiger partial charge is 0.379 e. The number of ether oxygens (including phenoxy) is 1. The average molecular weight is 254 g/mol. The number of hydrogen-bond acceptors (Lipinski definition) is 3. The van der Waals surface area contributed by atoms with Gasteiger partial charge in [0.2, 0.25) is 5.82 Å². The van der Waals surface area contributed by atoms with Gasteiger partial charge in [0, 0.05) is 0 Å². The lowest BCUT2D eigenvalue weighted by Gasteiger charge is -2.05. The van der Waals surface area contributed by atoms with Crippen molar-refractivity contribution in [2.24, 2.45) is 0 Å². The topological polar surface area (TPSA) is 43.4 Å². The maximum absolute atomic E-state index is 13.0. The van der Waals surface area contributed by atoms with Crippen LogP contribution in [0.5, 0.6) is 0 Å². The fraction of sp³-hybridized carbons (Fsp3) is 0.111. The summed E-state index contributed by atoms with van der Waals surface area (Å²) in [4.78, 5) is 21.7. The van der Waals surface area contributed by atoms with E-state index in [4.69, 9.17) is 0 Å². The van der Waals surface area contributed by atoms with Crippen LogP contribution in [0.2, 0.25) is 0 Å². The largest absolute Gasteiger partial charge is 0.463 e. The quantitative estimate of drug-likeness (QED) is 0.201. The highest BCUT2D eigenvalue weighted by atomic mass is 19.2. The highest BCUT2D eigenvalue weighted by Crippen LogP contribution is 2.23. The van der Waals surface area contributed by atoms with Crippen molar-refractivity contribution >= 4 is 11.8 Å². The van der Waals surface area contributed by atoms with Crippen LogP contribution in [0.15, 0.2) is 0 Å². The third-order valence-electron chi connectivity index (χ3n) is 1.81. The molecule has 0 unspecified atom stereocenters. The van der Waals surface area contributed by atoms with Gasteiger partial charge in [-0.05, 0) is 0 Å². The number of methoxy groups -OCH3 is 1. The van der Waals surface area contributed by atoms with Crippen molar-refractivity contribution in [3.8, 4) is 0 Å². The molecule has 1 rings (SSSR count). The van der Waals surface area contributed by atoms with Crippen molar-refractivity contribution in [2.45, 2.75) is 0 Å². The second-order valence-corrected chi connectivity index (χ2v) is 2.77. The molecular weight excluding hydrogens is 251 g/mol. The molecular formula is C9H3F5O3. The zero-order valence-electron chi connectivity index (χ0n) is 8.11. The standard InChI is InChI=1S/C9H3F5O3/c1-17-9(16)8(15)2-3(10)5(12)7(14)6(13)4(2)11/h1H3. The summed E-state index contributed by atoms with van der Waals surface area (Å²) in [6.45, 7) is 0. The molecule has 1 aromatic carbocycles. The molecule has 0 aromatic heterocycles. The Kier molecular flexibility index (Phi) is 3.45. The lowest BCUT2D eigenvalue weighted by atomic mass is 10.1. The monoisotopic (exact) mass is 254 g/mol. The lowest BCUT2D eigenvalue weighted by Crippen LogP contribution is -2.21. The van der Waals surface area contributed by atoms with Crippen molar-refractivity contribution in [1.29, 1.82) is 0 Å².